The molecule has 3 aromatic rings. The topological polar surface area (TPSA) is 130 Å². The van der Waals surface area contributed by atoms with Crippen molar-refractivity contribution in [3.63, 3.8) is 0 Å². The molecule has 0 saturated carbocycles. The van der Waals surface area contributed by atoms with Crippen LogP contribution in [0, 0.1) is 11.6 Å². The molecule has 0 aliphatic heterocycles. The number of anilines is 5. The molecule has 0 amide bonds. The number of nitrogens with one attached hydrogen (secondary N) is 3. The van der Waals surface area contributed by atoms with E-state index in [1.807, 2.05) is 0 Å². The SMILES string of the molecule is COc1cc(Nc2ncc(F)c(Nc3cc(F)ccc3NS(=O)[O-])n2)cc(OC)c1OC. The molecule has 1 atom stereocenters. The van der Waals surface area contributed by atoms with Crippen LogP contribution in [0.2, 0.25) is 0 Å². The predicted octanol–water partition coefficient (Wildman–Crippen LogP) is 3.47. The molecular weight excluding hydrogens is 448 g/mol. The standard InChI is InChI=1S/C19H19F2N5O5S/c1-29-15-7-11(8-16(30-2)17(15)31-3)23-19-22-9-12(21)18(25-19)24-14-6-10(20)4-5-13(14)26-32(27)28/h4-9,26H,1-3H3,(H,27,28)(H2,22,23,24,25)/p-1. The van der Waals surface area contributed by atoms with Gasteiger partial charge in [-0.3, -0.25) is 4.21 Å². The highest BCUT2D eigenvalue weighted by Crippen LogP contribution is 2.40. The second-order valence-corrected chi connectivity index (χ2v) is 6.75. The van der Waals surface area contributed by atoms with Crippen LogP contribution >= 0.6 is 0 Å². The van der Waals surface area contributed by atoms with E-state index in [9.17, 15) is 17.5 Å². The van der Waals surface area contributed by atoms with Gasteiger partial charge in [-0.05, 0) is 18.2 Å². The van der Waals surface area contributed by atoms with Crippen molar-refractivity contribution in [2.24, 2.45) is 0 Å². The monoisotopic (exact) mass is 466 g/mol. The first-order valence-corrected chi connectivity index (χ1v) is 9.94. The number of benzene rings is 2. The maximum Gasteiger partial charge on any atom is 0.229 e. The Morgan fingerprint density at radius 2 is 1.66 bits per heavy atom. The van der Waals surface area contributed by atoms with Gasteiger partial charge in [0.15, 0.2) is 23.1 Å². The third kappa shape index (κ3) is 5.31. The number of ether oxygens (including phenoxy) is 3. The molecule has 0 radical (unpaired) electrons. The predicted molar refractivity (Wildman–Crippen MR) is 114 cm³/mol. The fourth-order valence-electron chi connectivity index (χ4n) is 2.72. The molecule has 13 heteroatoms. The molecule has 3 N–H and O–H groups in total. The summed E-state index contributed by atoms with van der Waals surface area (Å²) in [5, 5.41) is 5.45. The van der Waals surface area contributed by atoms with Gasteiger partial charge >= 0.3 is 0 Å². The van der Waals surface area contributed by atoms with E-state index >= 15 is 0 Å². The van der Waals surface area contributed by atoms with E-state index in [1.54, 1.807) is 12.1 Å². The van der Waals surface area contributed by atoms with Crippen molar-refractivity contribution in [2.45, 2.75) is 0 Å². The molecule has 0 spiro atoms. The Kier molecular flexibility index (Phi) is 7.22. The summed E-state index contributed by atoms with van der Waals surface area (Å²) in [7, 11) is 4.38. The number of aromatic nitrogens is 2. The summed E-state index contributed by atoms with van der Waals surface area (Å²) in [4.78, 5) is 7.92. The van der Waals surface area contributed by atoms with Crippen molar-refractivity contribution in [3.8, 4) is 17.2 Å². The van der Waals surface area contributed by atoms with Crippen LogP contribution in [-0.4, -0.2) is 40.1 Å². The van der Waals surface area contributed by atoms with E-state index in [-0.39, 0.29) is 23.1 Å². The summed E-state index contributed by atoms with van der Waals surface area (Å²) in [6.07, 6.45) is 0.897. The number of halogens is 2. The van der Waals surface area contributed by atoms with Gasteiger partial charge in [0.25, 0.3) is 0 Å². The number of hydrogen-bond donors (Lipinski definition) is 3. The lowest BCUT2D eigenvalue weighted by Gasteiger charge is -2.16. The second-order valence-electron chi connectivity index (χ2n) is 6.08. The third-order valence-corrected chi connectivity index (χ3v) is 4.48. The van der Waals surface area contributed by atoms with Gasteiger partial charge in [-0.15, -0.1) is 0 Å². The Morgan fingerprint density at radius 3 is 2.25 bits per heavy atom. The lowest BCUT2D eigenvalue weighted by molar-refractivity contribution is 0.324. The van der Waals surface area contributed by atoms with Crippen LogP contribution in [0.3, 0.4) is 0 Å². The maximum atomic E-state index is 14.3. The zero-order valence-corrected chi connectivity index (χ0v) is 17.9. The van der Waals surface area contributed by atoms with Gasteiger partial charge < -0.3 is 34.1 Å². The molecular formula is C19H18F2N5O5S-. The molecule has 0 aliphatic carbocycles. The van der Waals surface area contributed by atoms with E-state index in [1.165, 1.54) is 27.4 Å². The van der Waals surface area contributed by atoms with Crippen LogP contribution in [0.4, 0.5) is 37.6 Å². The Morgan fingerprint density at radius 1 is 0.969 bits per heavy atom. The first-order valence-electron chi connectivity index (χ1n) is 8.86. The van der Waals surface area contributed by atoms with E-state index in [0.717, 1.165) is 18.3 Å². The van der Waals surface area contributed by atoms with Crippen LogP contribution in [0.5, 0.6) is 17.2 Å². The van der Waals surface area contributed by atoms with E-state index in [0.29, 0.717) is 22.9 Å². The molecule has 0 fully saturated rings. The van der Waals surface area contributed by atoms with E-state index in [4.69, 9.17) is 14.2 Å². The number of nitrogens with zero attached hydrogens (tertiary/aromatic N) is 2. The first-order chi connectivity index (χ1) is 15.3. The lowest BCUT2D eigenvalue weighted by atomic mass is 10.2. The number of hydrogen-bond acceptors (Lipinski definition) is 9. The largest absolute Gasteiger partial charge is 0.755 e. The molecule has 32 heavy (non-hydrogen) atoms. The molecule has 10 nitrogen and oxygen atoms in total. The Hall–Kier alpha value is -3.71. The molecule has 1 aromatic heterocycles. The van der Waals surface area contributed by atoms with Crippen molar-refractivity contribution in [3.05, 3.63) is 48.2 Å². The third-order valence-electron chi connectivity index (χ3n) is 4.09. The highest BCUT2D eigenvalue weighted by Gasteiger charge is 2.15. The molecule has 170 valence electrons. The quantitative estimate of drug-likeness (QED) is 0.406. The maximum absolute atomic E-state index is 14.3. The van der Waals surface area contributed by atoms with Gasteiger partial charge in [-0.25, -0.2) is 13.8 Å². The van der Waals surface area contributed by atoms with Gasteiger partial charge in [-0.2, -0.15) is 4.98 Å². The van der Waals surface area contributed by atoms with Crippen molar-refractivity contribution in [1.29, 1.82) is 0 Å². The lowest BCUT2D eigenvalue weighted by Crippen LogP contribution is -2.08. The minimum Gasteiger partial charge on any atom is -0.755 e. The van der Waals surface area contributed by atoms with Gasteiger partial charge in [0.2, 0.25) is 11.7 Å². The first kappa shape index (κ1) is 23.0. The fraction of sp³-hybridized carbons (Fsp3) is 0.158. The van der Waals surface area contributed by atoms with E-state index in [2.05, 4.69) is 25.3 Å². The summed E-state index contributed by atoms with van der Waals surface area (Å²) in [6, 6.07) is 6.41. The summed E-state index contributed by atoms with van der Waals surface area (Å²) < 4.78 is 67.8. The average molecular weight is 466 g/mol. The van der Waals surface area contributed by atoms with Gasteiger partial charge in [-0.1, -0.05) is 0 Å². The molecule has 0 bridgehead atoms. The summed E-state index contributed by atoms with van der Waals surface area (Å²) in [6.45, 7) is 0. The fourth-order valence-corrected chi connectivity index (χ4v) is 3.08. The van der Waals surface area contributed by atoms with Crippen molar-refractivity contribution < 1.29 is 31.8 Å². The van der Waals surface area contributed by atoms with Crippen molar-refractivity contribution >= 4 is 40.1 Å². The summed E-state index contributed by atoms with van der Waals surface area (Å²) in [5.41, 5.74) is 0.398. The molecule has 0 aliphatic rings. The van der Waals surface area contributed by atoms with Gasteiger partial charge in [0, 0.05) is 29.1 Å². The van der Waals surface area contributed by atoms with Crippen molar-refractivity contribution in [1.82, 2.24) is 9.97 Å². The molecule has 3 rings (SSSR count). The van der Waals surface area contributed by atoms with Gasteiger partial charge in [0.1, 0.15) is 5.82 Å². The van der Waals surface area contributed by atoms with Crippen LogP contribution in [0.1, 0.15) is 0 Å². The van der Waals surface area contributed by atoms with Crippen molar-refractivity contribution in [2.75, 3.05) is 36.7 Å². The highest BCUT2D eigenvalue weighted by molar-refractivity contribution is 7.80. The van der Waals surface area contributed by atoms with Crippen LogP contribution in [0.25, 0.3) is 0 Å². The minimum atomic E-state index is -2.67. The Labute approximate surface area is 184 Å². The normalized spacial score (nSPS) is 11.4. The number of rotatable bonds is 9. The molecule has 2 aromatic carbocycles. The van der Waals surface area contributed by atoms with E-state index < -0.39 is 22.9 Å². The number of methoxy groups -OCH3 is 3. The average Bonchev–Trinajstić information content (AvgIpc) is 2.76. The molecule has 1 unspecified atom stereocenters. The summed E-state index contributed by atoms with van der Waals surface area (Å²) in [5.74, 6) is -0.725. The van der Waals surface area contributed by atoms with Crippen LogP contribution < -0.4 is 29.6 Å². The summed E-state index contributed by atoms with van der Waals surface area (Å²) >= 11 is -2.67. The zero-order valence-electron chi connectivity index (χ0n) is 17.1. The molecule has 1 heterocycles. The van der Waals surface area contributed by atoms with Crippen LogP contribution in [0.15, 0.2) is 36.5 Å². The second kappa shape index (κ2) is 10.1. The zero-order chi connectivity index (χ0) is 23.3. The van der Waals surface area contributed by atoms with Crippen LogP contribution in [-0.2, 0) is 11.3 Å². The Bertz CT molecular complexity index is 1130. The Balaban J connectivity index is 1.92. The minimum absolute atomic E-state index is 0.00289. The smallest absolute Gasteiger partial charge is 0.229 e. The molecule has 0 saturated heterocycles. The van der Waals surface area contributed by atoms with Gasteiger partial charge in [0.05, 0.1) is 38.9 Å². The highest BCUT2D eigenvalue weighted by atomic mass is 32.2.